The van der Waals surface area contributed by atoms with E-state index < -0.39 is 0 Å². The maximum absolute atomic E-state index is 11.2. The summed E-state index contributed by atoms with van der Waals surface area (Å²) in [5.74, 6) is -0.214. The molecule has 90 valence electrons. The van der Waals surface area contributed by atoms with Gasteiger partial charge in [-0.15, -0.1) is 0 Å². The Morgan fingerprint density at radius 3 is 2.82 bits per heavy atom. The second-order valence-corrected chi connectivity index (χ2v) is 3.61. The molecule has 4 heteroatoms. The molecule has 0 aliphatic heterocycles. The minimum Gasteiger partial charge on any atom is -0.466 e. The highest BCUT2D eigenvalue weighted by Gasteiger charge is 2.08. The van der Waals surface area contributed by atoms with Gasteiger partial charge < -0.3 is 9.64 Å². The SMILES string of the molecule is CCOC(=O)CCN(C)c1ccccc1C#N. The number of carbonyl (C=O) groups excluding carboxylic acids is 1. The molecule has 0 aliphatic carbocycles. The molecule has 1 rings (SSSR count). The molecule has 0 spiro atoms. The zero-order valence-electron chi connectivity index (χ0n) is 10.1. The lowest BCUT2D eigenvalue weighted by Gasteiger charge is -2.19. The first kappa shape index (κ1) is 13.0. The Morgan fingerprint density at radius 1 is 1.47 bits per heavy atom. The van der Waals surface area contributed by atoms with Gasteiger partial charge in [0.1, 0.15) is 6.07 Å². The lowest BCUT2D eigenvalue weighted by atomic mass is 10.2. The summed E-state index contributed by atoms with van der Waals surface area (Å²) in [7, 11) is 1.86. The summed E-state index contributed by atoms with van der Waals surface area (Å²) in [6.07, 6.45) is 0.324. The van der Waals surface area contributed by atoms with Crippen molar-refractivity contribution in [1.29, 1.82) is 5.26 Å². The zero-order chi connectivity index (χ0) is 12.7. The topological polar surface area (TPSA) is 53.3 Å². The van der Waals surface area contributed by atoms with Crippen molar-refractivity contribution in [3.8, 4) is 6.07 Å². The van der Waals surface area contributed by atoms with E-state index in [0.717, 1.165) is 5.69 Å². The summed E-state index contributed by atoms with van der Waals surface area (Å²) in [6.45, 7) is 2.72. The standard InChI is InChI=1S/C13H16N2O2/c1-3-17-13(16)8-9-15(2)12-7-5-4-6-11(12)10-14/h4-7H,3,8-9H2,1-2H3. The molecule has 17 heavy (non-hydrogen) atoms. The Balaban J connectivity index is 2.61. The van der Waals surface area contributed by atoms with E-state index in [2.05, 4.69) is 6.07 Å². The van der Waals surface area contributed by atoms with E-state index in [-0.39, 0.29) is 5.97 Å². The molecule has 0 atom stereocenters. The van der Waals surface area contributed by atoms with Crippen LogP contribution in [0.2, 0.25) is 0 Å². The third-order valence-corrected chi connectivity index (χ3v) is 2.39. The largest absolute Gasteiger partial charge is 0.466 e. The van der Waals surface area contributed by atoms with Crippen molar-refractivity contribution in [3.05, 3.63) is 29.8 Å². The smallest absolute Gasteiger partial charge is 0.307 e. The summed E-state index contributed by atoms with van der Waals surface area (Å²) < 4.78 is 4.85. The lowest BCUT2D eigenvalue weighted by Crippen LogP contribution is -2.22. The monoisotopic (exact) mass is 232 g/mol. The van der Waals surface area contributed by atoms with Crippen molar-refractivity contribution in [1.82, 2.24) is 0 Å². The fourth-order valence-corrected chi connectivity index (χ4v) is 1.51. The quantitative estimate of drug-likeness (QED) is 0.728. The van der Waals surface area contributed by atoms with Gasteiger partial charge in [0, 0.05) is 13.6 Å². The van der Waals surface area contributed by atoms with Crippen LogP contribution in [0.1, 0.15) is 18.9 Å². The molecule has 0 amide bonds. The molecule has 0 aromatic heterocycles. The van der Waals surface area contributed by atoms with Crippen LogP contribution in [0.25, 0.3) is 0 Å². The number of ether oxygens (including phenoxy) is 1. The molecule has 0 radical (unpaired) electrons. The van der Waals surface area contributed by atoms with Gasteiger partial charge in [-0.2, -0.15) is 5.26 Å². The van der Waals surface area contributed by atoms with Crippen molar-refractivity contribution in [3.63, 3.8) is 0 Å². The Labute approximate surface area is 101 Å². The van der Waals surface area contributed by atoms with Gasteiger partial charge in [-0.1, -0.05) is 12.1 Å². The first-order valence-electron chi connectivity index (χ1n) is 5.55. The number of para-hydroxylation sites is 1. The number of nitrogens with zero attached hydrogens (tertiary/aromatic N) is 2. The van der Waals surface area contributed by atoms with Crippen LogP contribution >= 0.6 is 0 Å². The van der Waals surface area contributed by atoms with Crippen molar-refractivity contribution in [2.75, 3.05) is 25.1 Å². The third-order valence-electron chi connectivity index (χ3n) is 2.39. The summed E-state index contributed by atoms with van der Waals surface area (Å²) >= 11 is 0. The molecule has 0 saturated heterocycles. The minimum atomic E-state index is -0.214. The van der Waals surface area contributed by atoms with Gasteiger partial charge in [0.25, 0.3) is 0 Å². The van der Waals surface area contributed by atoms with Crippen LogP contribution in [-0.4, -0.2) is 26.2 Å². The molecule has 0 bridgehead atoms. The molecule has 0 aliphatic rings. The normalized spacial score (nSPS) is 9.47. The second kappa shape index (κ2) is 6.54. The molecule has 0 saturated carbocycles. The summed E-state index contributed by atoms with van der Waals surface area (Å²) in [5, 5.41) is 8.96. The van der Waals surface area contributed by atoms with E-state index in [1.807, 2.05) is 30.1 Å². The second-order valence-electron chi connectivity index (χ2n) is 3.61. The van der Waals surface area contributed by atoms with Crippen LogP contribution in [0, 0.1) is 11.3 Å². The lowest BCUT2D eigenvalue weighted by molar-refractivity contribution is -0.142. The Kier molecular flexibility index (Phi) is 5.02. The van der Waals surface area contributed by atoms with Crippen molar-refractivity contribution in [2.45, 2.75) is 13.3 Å². The minimum absolute atomic E-state index is 0.214. The maximum atomic E-state index is 11.2. The average molecular weight is 232 g/mol. The fraction of sp³-hybridized carbons (Fsp3) is 0.385. The van der Waals surface area contributed by atoms with Crippen LogP contribution in [0.4, 0.5) is 5.69 Å². The van der Waals surface area contributed by atoms with Crippen LogP contribution < -0.4 is 4.90 Å². The highest BCUT2D eigenvalue weighted by molar-refractivity contribution is 5.70. The predicted molar refractivity (Wildman–Crippen MR) is 65.7 cm³/mol. The van der Waals surface area contributed by atoms with Gasteiger partial charge in [0.2, 0.25) is 0 Å². The number of anilines is 1. The van der Waals surface area contributed by atoms with Gasteiger partial charge in [0.05, 0.1) is 24.3 Å². The highest BCUT2D eigenvalue weighted by atomic mass is 16.5. The average Bonchev–Trinajstić information content (AvgIpc) is 2.36. The highest BCUT2D eigenvalue weighted by Crippen LogP contribution is 2.18. The van der Waals surface area contributed by atoms with Gasteiger partial charge in [-0.05, 0) is 19.1 Å². The Bertz CT molecular complexity index is 424. The van der Waals surface area contributed by atoms with E-state index in [4.69, 9.17) is 10.00 Å². The maximum Gasteiger partial charge on any atom is 0.307 e. The van der Waals surface area contributed by atoms with Crippen LogP contribution in [-0.2, 0) is 9.53 Å². The van der Waals surface area contributed by atoms with Crippen LogP contribution in [0.15, 0.2) is 24.3 Å². The number of rotatable bonds is 5. The molecule has 1 aromatic rings. The first-order chi connectivity index (χ1) is 8.19. The number of nitriles is 1. The number of benzene rings is 1. The Morgan fingerprint density at radius 2 is 2.18 bits per heavy atom. The molecule has 0 N–H and O–H groups in total. The number of hydrogen-bond acceptors (Lipinski definition) is 4. The van der Waals surface area contributed by atoms with Crippen molar-refractivity contribution >= 4 is 11.7 Å². The van der Waals surface area contributed by atoms with Crippen molar-refractivity contribution < 1.29 is 9.53 Å². The van der Waals surface area contributed by atoms with E-state index in [0.29, 0.717) is 25.1 Å². The van der Waals surface area contributed by atoms with Gasteiger partial charge in [0.15, 0.2) is 0 Å². The van der Waals surface area contributed by atoms with Gasteiger partial charge in [-0.3, -0.25) is 4.79 Å². The fourth-order valence-electron chi connectivity index (χ4n) is 1.51. The summed E-state index contributed by atoms with van der Waals surface area (Å²) in [6, 6.07) is 9.45. The van der Waals surface area contributed by atoms with Crippen LogP contribution in [0.3, 0.4) is 0 Å². The Hall–Kier alpha value is -2.02. The summed E-state index contributed by atoms with van der Waals surface area (Å²) in [4.78, 5) is 13.1. The van der Waals surface area contributed by atoms with Crippen LogP contribution in [0.5, 0.6) is 0 Å². The van der Waals surface area contributed by atoms with Crippen molar-refractivity contribution in [2.24, 2.45) is 0 Å². The zero-order valence-corrected chi connectivity index (χ0v) is 10.1. The molecule has 1 aromatic carbocycles. The van der Waals surface area contributed by atoms with Gasteiger partial charge >= 0.3 is 5.97 Å². The molecule has 0 fully saturated rings. The van der Waals surface area contributed by atoms with E-state index >= 15 is 0 Å². The van der Waals surface area contributed by atoms with E-state index in [9.17, 15) is 4.79 Å². The summed E-state index contributed by atoms with van der Waals surface area (Å²) in [5.41, 5.74) is 1.44. The molecular weight excluding hydrogens is 216 g/mol. The molecule has 0 unspecified atom stereocenters. The first-order valence-corrected chi connectivity index (χ1v) is 5.55. The molecule has 4 nitrogen and oxygen atoms in total. The number of hydrogen-bond donors (Lipinski definition) is 0. The number of esters is 1. The predicted octanol–water partition coefficient (Wildman–Crippen LogP) is 1.95. The number of carbonyl (C=O) groups is 1. The van der Waals surface area contributed by atoms with E-state index in [1.165, 1.54) is 0 Å². The third kappa shape index (κ3) is 3.80. The molecular formula is C13H16N2O2. The van der Waals surface area contributed by atoms with Gasteiger partial charge in [-0.25, -0.2) is 0 Å². The molecule has 0 heterocycles. The van der Waals surface area contributed by atoms with E-state index in [1.54, 1.807) is 13.0 Å².